The standard InChI is InChI=1S/C20H22/c1-15-8-6-7-11-19(15)20-14-18(13-12-16(20)2)17-9-4-3-5-10-17/h3-4,6-9,12-14,19H,5,10-11H2,1-2H3. The number of aryl methyl sites for hydroxylation is 1. The largest absolute Gasteiger partial charge is 0.0842 e. The SMILES string of the molecule is CC1=CC=CCC1c1cc(C2=CC=CCC2)ccc1C. The Morgan fingerprint density at radius 2 is 1.85 bits per heavy atom. The van der Waals surface area contributed by atoms with Crippen LogP contribution in [0.2, 0.25) is 0 Å². The maximum absolute atomic E-state index is 2.42. The number of allylic oxidation sites excluding steroid dienone is 8. The molecule has 1 aromatic carbocycles. The average Bonchev–Trinajstić information content (AvgIpc) is 2.49. The third kappa shape index (κ3) is 2.56. The fourth-order valence-corrected chi connectivity index (χ4v) is 3.17. The maximum Gasteiger partial charge on any atom is 0.00859 e. The number of benzene rings is 1. The number of hydrogen-bond donors (Lipinski definition) is 0. The van der Waals surface area contributed by atoms with E-state index in [1.165, 1.54) is 40.7 Å². The molecule has 1 atom stereocenters. The van der Waals surface area contributed by atoms with Crippen molar-refractivity contribution in [3.8, 4) is 0 Å². The highest BCUT2D eigenvalue weighted by Gasteiger charge is 2.17. The van der Waals surface area contributed by atoms with Crippen molar-refractivity contribution < 1.29 is 0 Å². The molecule has 0 heteroatoms. The van der Waals surface area contributed by atoms with E-state index < -0.39 is 0 Å². The molecule has 0 N–H and O–H groups in total. The fourth-order valence-electron chi connectivity index (χ4n) is 3.17. The van der Waals surface area contributed by atoms with Crippen LogP contribution in [0.3, 0.4) is 0 Å². The van der Waals surface area contributed by atoms with Crippen molar-refractivity contribution in [1.82, 2.24) is 0 Å². The summed E-state index contributed by atoms with van der Waals surface area (Å²) in [4.78, 5) is 0. The minimum atomic E-state index is 0.555. The van der Waals surface area contributed by atoms with Crippen LogP contribution in [0.15, 0.2) is 60.2 Å². The Morgan fingerprint density at radius 1 is 1.00 bits per heavy atom. The molecule has 1 aromatic rings. The van der Waals surface area contributed by atoms with Gasteiger partial charge in [0, 0.05) is 5.92 Å². The monoisotopic (exact) mass is 262 g/mol. The molecule has 0 saturated heterocycles. The Hall–Kier alpha value is -1.82. The first kappa shape index (κ1) is 13.2. The van der Waals surface area contributed by atoms with Crippen LogP contribution in [0.1, 0.15) is 48.8 Å². The summed E-state index contributed by atoms with van der Waals surface area (Å²) in [5, 5.41) is 0. The van der Waals surface area contributed by atoms with E-state index in [1.54, 1.807) is 0 Å². The zero-order valence-corrected chi connectivity index (χ0v) is 12.4. The fraction of sp³-hybridized carbons (Fsp3) is 0.300. The third-order valence-corrected chi connectivity index (χ3v) is 4.46. The molecule has 0 aliphatic heterocycles. The molecule has 1 unspecified atom stereocenters. The third-order valence-electron chi connectivity index (χ3n) is 4.46. The van der Waals surface area contributed by atoms with Gasteiger partial charge in [-0.15, -0.1) is 0 Å². The van der Waals surface area contributed by atoms with Crippen LogP contribution >= 0.6 is 0 Å². The number of hydrogen-bond acceptors (Lipinski definition) is 0. The molecule has 0 heterocycles. The molecule has 0 radical (unpaired) electrons. The van der Waals surface area contributed by atoms with Crippen molar-refractivity contribution in [2.45, 2.75) is 39.0 Å². The minimum absolute atomic E-state index is 0.555. The first-order chi connectivity index (χ1) is 9.75. The van der Waals surface area contributed by atoms with Gasteiger partial charge in [-0.05, 0) is 55.4 Å². The first-order valence-corrected chi connectivity index (χ1v) is 7.55. The summed E-state index contributed by atoms with van der Waals surface area (Å²) < 4.78 is 0. The Bertz CT molecular complexity index is 623. The Morgan fingerprint density at radius 3 is 2.60 bits per heavy atom. The van der Waals surface area contributed by atoms with Crippen LogP contribution in [0.4, 0.5) is 0 Å². The molecule has 0 amide bonds. The lowest BCUT2D eigenvalue weighted by molar-refractivity contribution is 0.790. The molecular weight excluding hydrogens is 240 g/mol. The van der Waals surface area contributed by atoms with Gasteiger partial charge < -0.3 is 0 Å². The van der Waals surface area contributed by atoms with Gasteiger partial charge in [-0.2, -0.15) is 0 Å². The maximum atomic E-state index is 2.42. The summed E-state index contributed by atoms with van der Waals surface area (Å²) in [5.74, 6) is 0.555. The quantitative estimate of drug-likeness (QED) is 0.639. The Kier molecular flexibility index (Phi) is 3.73. The van der Waals surface area contributed by atoms with E-state index in [9.17, 15) is 0 Å². The van der Waals surface area contributed by atoms with E-state index in [1.807, 2.05) is 0 Å². The summed E-state index contributed by atoms with van der Waals surface area (Å²) >= 11 is 0. The average molecular weight is 262 g/mol. The molecule has 0 spiro atoms. The normalized spacial score (nSPS) is 21.6. The van der Waals surface area contributed by atoms with Crippen LogP contribution in [-0.2, 0) is 0 Å². The summed E-state index contributed by atoms with van der Waals surface area (Å²) in [6, 6.07) is 6.98. The van der Waals surface area contributed by atoms with Crippen LogP contribution < -0.4 is 0 Å². The van der Waals surface area contributed by atoms with Crippen molar-refractivity contribution in [2.24, 2.45) is 0 Å². The van der Waals surface area contributed by atoms with Crippen molar-refractivity contribution in [1.29, 1.82) is 0 Å². The lowest BCUT2D eigenvalue weighted by atomic mass is 9.82. The molecule has 2 aliphatic carbocycles. The number of rotatable bonds is 2. The summed E-state index contributed by atoms with van der Waals surface area (Å²) in [6.07, 6.45) is 16.9. The van der Waals surface area contributed by atoms with Gasteiger partial charge in [0.25, 0.3) is 0 Å². The highest BCUT2D eigenvalue weighted by molar-refractivity contribution is 5.69. The second-order valence-corrected chi connectivity index (χ2v) is 5.86. The van der Waals surface area contributed by atoms with Gasteiger partial charge in [0.05, 0.1) is 0 Å². The summed E-state index contributed by atoms with van der Waals surface area (Å²) in [7, 11) is 0. The predicted octanol–water partition coefficient (Wildman–Crippen LogP) is 5.72. The Labute approximate surface area is 122 Å². The molecule has 20 heavy (non-hydrogen) atoms. The van der Waals surface area contributed by atoms with Gasteiger partial charge in [0.1, 0.15) is 0 Å². The second kappa shape index (κ2) is 5.66. The van der Waals surface area contributed by atoms with E-state index in [4.69, 9.17) is 0 Å². The molecule has 102 valence electrons. The molecule has 0 nitrogen and oxygen atoms in total. The molecule has 0 aromatic heterocycles. The van der Waals surface area contributed by atoms with Crippen LogP contribution in [0.25, 0.3) is 5.57 Å². The molecule has 0 saturated carbocycles. The van der Waals surface area contributed by atoms with Crippen LogP contribution in [0, 0.1) is 6.92 Å². The zero-order chi connectivity index (χ0) is 13.9. The van der Waals surface area contributed by atoms with E-state index in [0.29, 0.717) is 5.92 Å². The van der Waals surface area contributed by atoms with Crippen molar-refractivity contribution in [3.05, 3.63) is 76.9 Å². The molecule has 0 bridgehead atoms. The van der Waals surface area contributed by atoms with Gasteiger partial charge in [-0.1, -0.05) is 60.2 Å². The molecular formula is C20H22. The van der Waals surface area contributed by atoms with E-state index in [0.717, 1.165) is 6.42 Å². The first-order valence-electron chi connectivity index (χ1n) is 7.55. The minimum Gasteiger partial charge on any atom is -0.0842 e. The van der Waals surface area contributed by atoms with Gasteiger partial charge in [0.15, 0.2) is 0 Å². The van der Waals surface area contributed by atoms with Crippen molar-refractivity contribution >= 4 is 5.57 Å². The Balaban J connectivity index is 1.99. The summed E-state index contributed by atoms with van der Waals surface area (Å²) in [6.45, 7) is 4.49. The smallest absolute Gasteiger partial charge is 0.00859 e. The van der Waals surface area contributed by atoms with Crippen LogP contribution in [-0.4, -0.2) is 0 Å². The van der Waals surface area contributed by atoms with Gasteiger partial charge in [-0.3, -0.25) is 0 Å². The van der Waals surface area contributed by atoms with Gasteiger partial charge in [-0.25, -0.2) is 0 Å². The highest BCUT2D eigenvalue weighted by Crippen LogP contribution is 2.35. The zero-order valence-electron chi connectivity index (χ0n) is 12.4. The lowest BCUT2D eigenvalue weighted by Gasteiger charge is -2.22. The van der Waals surface area contributed by atoms with Crippen LogP contribution in [0.5, 0.6) is 0 Å². The predicted molar refractivity (Wildman–Crippen MR) is 87.8 cm³/mol. The van der Waals surface area contributed by atoms with E-state index in [2.05, 4.69) is 68.5 Å². The lowest BCUT2D eigenvalue weighted by Crippen LogP contribution is -2.05. The molecule has 3 rings (SSSR count). The van der Waals surface area contributed by atoms with Crippen molar-refractivity contribution in [2.75, 3.05) is 0 Å². The second-order valence-electron chi connectivity index (χ2n) is 5.86. The summed E-state index contributed by atoms with van der Waals surface area (Å²) in [5.41, 5.74) is 7.26. The van der Waals surface area contributed by atoms with Crippen molar-refractivity contribution in [3.63, 3.8) is 0 Å². The molecule has 0 fully saturated rings. The van der Waals surface area contributed by atoms with E-state index in [-0.39, 0.29) is 0 Å². The van der Waals surface area contributed by atoms with Gasteiger partial charge in [0.2, 0.25) is 0 Å². The topological polar surface area (TPSA) is 0 Å². The van der Waals surface area contributed by atoms with Gasteiger partial charge >= 0.3 is 0 Å². The van der Waals surface area contributed by atoms with E-state index >= 15 is 0 Å². The highest BCUT2D eigenvalue weighted by atomic mass is 14.2. The molecule has 2 aliphatic rings.